The molecule has 0 aliphatic carbocycles. The van der Waals surface area contributed by atoms with Crippen molar-refractivity contribution in [3.8, 4) is 0 Å². The third-order valence-electron chi connectivity index (χ3n) is 2.20. The lowest BCUT2D eigenvalue weighted by atomic mass is 10.4. The largest absolute Gasteiger partial charge is 0.468 e. The Kier molecular flexibility index (Phi) is 3.97. The number of halogens is 2. The van der Waals surface area contributed by atoms with Crippen LogP contribution in [0.4, 0.5) is 0 Å². The van der Waals surface area contributed by atoms with E-state index >= 15 is 0 Å². The molecule has 18 heavy (non-hydrogen) atoms. The molecule has 0 fully saturated rings. The summed E-state index contributed by atoms with van der Waals surface area (Å²) in [7, 11) is -3.77. The van der Waals surface area contributed by atoms with E-state index in [1.165, 1.54) is 18.4 Å². The fraction of sp³-hybridized carbons (Fsp3) is 0.0909. The summed E-state index contributed by atoms with van der Waals surface area (Å²) >= 11 is 11.7. The first kappa shape index (κ1) is 13.4. The van der Waals surface area contributed by atoms with Crippen molar-refractivity contribution in [3.63, 3.8) is 0 Å². The second-order valence-electron chi connectivity index (χ2n) is 3.45. The Morgan fingerprint density at radius 2 is 1.78 bits per heavy atom. The zero-order chi connectivity index (χ0) is 13.2. The summed E-state index contributed by atoms with van der Waals surface area (Å²) in [6.45, 7) is 0.0386. The summed E-state index contributed by atoms with van der Waals surface area (Å²) in [5.41, 5.74) is 0. The van der Waals surface area contributed by atoms with Gasteiger partial charge in [-0.05, 0) is 24.3 Å². The van der Waals surface area contributed by atoms with Gasteiger partial charge in [-0.2, -0.15) is 0 Å². The second-order valence-corrected chi connectivity index (χ2v) is 5.97. The minimum Gasteiger partial charge on any atom is -0.468 e. The van der Waals surface area contributed by atoms with Crippen molar-refractivity contribution < 1.29 is 12.8 Å². The molecule has 0 aliphatic rings. The fourth-order valence-electron chi connectivity index (χ4n) is 1.39. The minimum absolute atomic E-state index is 0.0386. The van der Waals surface area contributed by atoms with Crippen molar-refractivity contribution in [2.24, 2.45) is 0 Å². The van der Waals surface area contributed by atoms with Gasteiger partial charge in [-0.3, -0.25) is 0 Å². The maximum Gasteiger partial charge on any atom is 0.243 e. The highest BCUT2D eigenvalue weighted by Gasteiger charge is 2.21. The summed E-state index contributed by atoms with van der Waals surface area (Å²) in [6, 6.07) is 7.85. The zero-order valence-corrected chi connectivity index (χ0v) is 11.4. The SMILES string of the molecule is O=S(=O)(NCc1ccco1)c1c(Cl)cccc1Cl. The summed E-state index contributed by atoms with van der Waals surface area (Å²) in [6.07, 6.45) is 1.46. The molecule has 0 saturated carbocycles. The molecule has 2 aromatic rings. The molecule has 96 valence electrons. The molecule has 1 aromatic carbocycles. The lowest BCUT2D eigenvalue weighted by Crippen LogP contribution is -2.23. The maximum atomic E-state index is 12.0. The van der Waals surface area contributed by atoms with Gasteiger partial charge >= 0.3 is 0 Å². The van der Waals surface area contributed by atoms with Crippen LogP contribution in [0.15, 0.2) is 45.9 Å². The predicted octanol–water partition coefficient (Wildman–Crippen LogP) is 3.06. The molecule has 4 nitrogen and oxygen atoms in total. The van der Waals surface area contributed by atoms with Gasteiger partial charge in [0.15, 0.2) is 0 Å². The highest BCUT2D eigenvalue weighted by atomic mass is 35.5. The maximum absolute atomic E-state index is 12.0. The van der Waals surface area contributed by atoms with E-state index in [1.807, 2.05) is 0 Å². The molecule has 2 rings (SSSR count). The molecule has 0 atom stereocenters. The van der Waals surface area contributed by atoms with E-state index in [0.29, 0.717) is 5.76 Å². The standard InChI is InChI=1S/C11H9Cl2NO3S/c12-9-4-1-5-10(13)11(9)18(15,16)14-7-8-3-2-6-17-8/h1-6,14H,7H2. The van der Waals surface area contributed by atoms with E-state index in [-0.39, 0.29) is 21.5 Å². The third-order valence-corrected chi connectivity index (χ3v) is 4.56. The Morgan fingerprint density at radius 3 is 2.33 bits per heavy atom. The van der Waals surface area contributed by atoms with Gasteiger partial charge in [0.25, 0.3) is 0 Å². The van der Waals surface area contributed by atoms with Crippen molar-refractivity contribution in [3.05, 3.63) is 52.4 Å². The fourth-order valence-corrected chi connectivity index (χ4v) is 3.52. The van der Waals surface area contributed by atoms with Crippen LogP contribution in [0.5, 0.6) is 0 Å². The molecule has 0 amide bonds. The van der Waals surface area contributed by atoms with Crippen LogP contribution in [0.1, 0.15) is 5.76 Å². The van der Waals surface area contributed by atoms with Crippen molar-refractivity contribution in [2.75, 3.05) is 0 Å². The quantitative estimate of drug-likeness (QED) is 0.944. The topological polar surface area (TPSA) is 59.3 Å². The van der Waals surface area contributed by atoms with Crippen molar-refractivity contribution in [1.82, 2.24) is 4.72 Å². The van der Waals surface area contributed by atoms with Gasteiger partial charge in [0, 0.05) is 0 Å². The summed E-state index contributed by atoms with van der Waals surface area (Å²) in [5, 5.41) is 0.156. The number of rotatable bonds is 4. The van der Waals surface area contributed by atoms with Crippen molar-refractivity contribution in [2.45, 2.75) is 11.4 Å². The number of hydrogen-bond acceptors (Lipinski definition) is 3. The van der Waals surface area contributed by atoms with Crippen LogP contribution in [0.2, 0.25) is 10.0 Å². The van der Waals surface area contributed by atoms with Crippen LogP contribution in [0.3, 0.4) is 0 Å². The third kappa shape index (κ3) is 2.87. The average molecular weight is 306 g/mol. The van der Waals surface area contributed by atoms with E-state index in [1.54, 1.807) is 18.2 Å². The molecule has 0 radical (unpaired) electrons. The van der Waals surface area contributed by atoms with Gasteiger partial charge < -0.3 is 4.42 Å². The van der Waals surface area contributed by atoms with Crippen molar-refractivity contribution >= 4 is 33.2 Å². The summed E-state index contributed by atoms with van der Waals surface area (Å²) < 4.78 is 31.5. The first-order valence-corrected chi connectivity index (χ1v) is 7.20. The van der Waals surface area contributed by atoms with E-state index in [2.05, 4.69) is 4.72 Å². The van der Waals surface area contributed by atoms with Crippen LogP contribution >= 0.6 is 23.2 Å². The molecular weight excluding hydrogens is 297 g/mol. The van der Waals surface area contributed by atoms with E-state index in [9.17, 15) is 8.42 Å². The number of benzene rings is 1. The molecule has 0 bridgehead atoms. The summed E-state index contributed by atoms with van der Waals surface area (Å²) in [4.78, 5) is -0.125. The van der Waals surface area contributed by atoms with Gasteiger partial charge in [-0.15, -0.1) is 0 Å². The van der Waals surface area contributed by atoms with Gasteiger partial charge in [0.05, 0.1) is 22.9 Å². The first-order chi connectivity index (χ1) is 8.50. The highest BCUT2D eigenvalue weighted by molar-refractivity contribution is 7.89. The van der Waals surface area contributed by atoms with Crippen LogP contribution < -0.4 is 4.72 Å². The van der Waals surface area contributed by atoms with Gasteiger partial charge in [0.2, 0.25) is 10.0 Å². The van der Waals surface area contributed by atoms with Gasteiger partial charge in [0.1, 0.15) is 10.7 Å². The average Bonchev–Trinajstić information content (AvgIpc) is 2.78. The zero-order valence-electron chi connectivity index (χ0n) is 9.06. The number of sulfonamides is 1. The predicted molar refractivity (Wildman–Crippen MR) is 69.2 cm³/mol. The Labute approximate surface area is 115 Å². The Hall–Kier alpha value is -1.01. The van der Waals surface area contributed by atoms with Crippen LogP contribution in [0.25, 0.3) is 0 Å². The molecule has 1 heterocycles. The smallest absolute Gasteiger partial charge is 0.243 e. The molecule has 7 heteroatoms. The molecular formula is C11H9Cl2NO3S. The molecule has 0 aliphatic heterocycles. The second kappa shape index (κ2) is 5.32. The van der Waals surface area contributed by atoms with Crippen LogP contribution in [-0.2, 0) is 16.6 Å². The number of nitrogens with one attached hydrogen (secondary N) is 1. The summed E-state index contributed by atoms with van der Waals surface area (Å²) in [5.74, 6) is 0.502. The Morgan fingerprint density at radius 1 is 1.11 bits per heavy atom. The van der Waals surface area contributed by atoms with E-state index in [0.717, 1.165) is 0 Å². The molecule has 0 saturated heterocycles. The lowest BCUT2D eigenvalue weighted by molar-refractivity contribution is 0.498. The molecule has 0 spiro atoms. The van der Waals surface area contributed by atoms with Crippen LogP contribution in [-0.4, -0.2) is 8.42 Å². The lowest BCUT2D eigenvalue weighted by Gasteiger charge is -2.08. The van der Waals surface area contributed by atoms with E-state index in [4.69, 9.17) is 27.6 Å². The molecule has 1 N–H and O–H groups in total. The van der Waals surface area contributed by atoms with Crippen molar-refractivity contribution in [1.29, 1.82) is 0 Å². The molecule has 0 unspecified atom stereocenters. The number of hydrogen-bond donors (Lipinski definition) is 1. The van der Waals surface area contributed by atoms with Gasteiger partial charge in [-0.25, -0.2) is 13.1 Å². The van der Waals surface area contributed by atoms with Gasteiger partial charge in [-0.1, -0.05) is 29.3 Å². The van der Waals surface area contributed by atoms with E-state index < -0.39 is 10.0 Å². The molecule has 1 aromatic heterocycles. The minimum atomic E-state index is -3.77. The Balaban J connectivity index is 2.26. The Bertz CT molecular complexity index is 618. The van der Waals surface area contributed by atoms with Crippen LogP contribution in [0, 0.1) is 0 Å². The highest BCUT2D eigenvalue weighted by Crippen LogP contribution is 2.28. The number of furan rings is 1. The normalized spacial score (nSPS) is 11.7. The monoisotopic (exact) mass is 305 g/mol. The first-order valence-electron chi connectivity index (χ1n) is 4.97.